The van der Waals surface area contributed by atoms with Crippen molar-refractivity contribution in [3.05, 3.63) is 89.6 Å². The van der Waals surface area contributed by atoms with Gasteiger partial charge in [0.25, 0.3) is 0 Å². The first kappa shape index (κ1) is 16.7. The molecule has 4 rings (SSSR count). The molecule has 4 aromatic rings. The van der Waals surface area contributed by atoms with Crippen LogP contribution in [-0.4, -0.2) is 4.98 Å². The van der Waals surface area contributed by atoms with E-state index in [1.807, 2.05) is 6.07 Å². The van der Waals surface area contributed by atoms with Crippen molar-refractivity contribution in [2.24, 2.45) is 0 Å². The van der Waals surface area contributed by atoms with E-state index in [0.29, 0.717) is 0 Å². The molecule has 0 saturated heterocycles. The fourth-order valence-electron chi connectivity index (χ4n) is 3.25. The van der Waals surface area contributed by atoms with Gasteiger partial charge in [-0.05, 0) is 29.5 Å². The van der Waals surface area contributed by atoms with Crippen LogP contribution in [0.25, 0.3) is 21.7 Å². The lowest BCUT2D eigenvalue weighted by Crippen LogP contribution is -2.04. The molecule has 0 N–H and O–H groups in total. The molecule has 0 aliphatic rings. The standard InChI is InChI=1S/C22H17Br2N/c1-14-13-17-12-11-15-7-5-6-10-18(15)22(17)25-21(14)20(24)19(23)16-8-3-2-4-9-16/h2-13,19-20H,1H3. The van der Waals surface area contributed by atoms with Gasteiger partial charge in [0.05, 0.1) is 20.9 Å². The van der Waals surface area contributed by atoms with Crippen LogP contribution in [0.15, 0.2) is 72.8 Å². The maximum Gasteiger partial charge on any atom is 0.0784 e. The van der Waals surface area contributed by atoms with Gasteiger partial charge in [-0.3, -0.25) is 4.98 Å². The Balaban J connectivity index is 1.86. The highest BCUT2D eigenvalue weighted by Crippen LogP contribution is 2.43. The number of aromatic nitrogens is 1. The first-order valence-electron chi connectivity index (χ1n) is 8.27. The van der Waals surface area contributed by atoms with Gasteiger partial charge in [0, 0.05) is 10.8 Å². The van der Waals surface area contributed by atoms with Gasteiger partial charge in [0.1, 0.15) is 0 Å². The van der Waals surface area contributed by atoms with Crippen LogP contribution in [0.3, 0.4) is 0 Å². The molecule has 0 spiro atoms. The minimum absolute atomic E-state index is 0.0956. The molecule has 124 valence electrons. The molecule has 0 aliphatic heterocycles. The summed E-state index contributed by atoms with van der Waals surface area (Å²) in [6, 6.07) is 25.4. The zero-order chi connectivity index (χ0) is 17.4. The first-order valence-corrected chi connectivity index (χ1v) is 10.1. The Kier molecular flexibility index (Phi) is 4.61. The number of halogens is 2. The lowest BCUT2D eigenvalue weighted by Gasteiger charge is -2.19. The molecule has 3 heteroatoms. The Labute approximate surface area is 164 Å². The number of pyridine rings is 1. The predicted molar refractivity (Wildman–Crippen MR) is 114 cm³/mol. The Morgan fingerprint density at radius 3 is 2.24 bits per heavy atom. The van der Waals surface area contributed by atoms with Crippen molar-refractivity contribution in [1.29, 1.82) is 0 Å². The van der Waals surface area contributed by atoms with E-state index in [2.05, 4.69) is 106 Å². The number of aryl methyl sites for hydroxylation is 1. The van der Waals surface area contributed by atoms with Crippen LogP contribution in [0.5, 0.6) is 0 Å². The predicted octanol–water partition coefficient (Wildman–Crippen LogP) is 7.27. The van der Waals surface area contributed by atoms with E-state index >= 15 is 0 Å². The van der Waals surface area contributed by atoms with Crippen molar-refractivity contribution in [3.63, 3.8) is 0 Å². The highest BCUT2D eigenvalue weighted by atomic mass is 79.9. The zero-order valence-corrected chi connectivity index (χ0v) is 17.0. The second-order valence-electron chi connectivity index (χ2n) is 6.26. The number of benzene rings is 3. The van der Waals surface area contributed by atoms with Gasteiger partial charge >= 0.3 is 0 Å². The highest BCUT2D eigenvalue weighted by molar-refractivity contribution is 9.12. The van der Waals surface area contributed by atoms with Gasteiger partial charge in [-0.1, -0.05) is 98.6 Å². The molecule has 25 heavy (non-hydrogen) atoms. The minimum atomic E-state index is 0.0956. The molecule has 0 amide bonds. The number of alkyl halides is 2. The van der Waals surface area contributed by atoms with Crippen LogP contribution in [0.1, 0.15) is 26.5 Å². The summed E-state index contributed by atoms with van der Waals surface area (Å²) in [5.74, 6) is 0. The van der Waals surface area contributed by atoms with Gasteiger partial charge in [0.15, 0.2) is 0 Å². The fraction of sp³-hybridized carbons (Fsp3) is 0.136. The Morgan fingerprint density at radius 1 is 0.760 bits per heavy atom. The van der Waals surface area contributed by atoms with Crippen molar-refractivity contribution in [1.82, 2.24) is 4.98 Å². The van der Waals surface area contributed by atoms with Gasteiger partial charge in [0.2, 0.25) is 0 Å². The smallest absolute Gasteiger partial charge is 0.0784 e. The largest absolute Gasteiger partial charge is 0.251 e. The normalized spacial score (nSPS) is 13.9. The highest BCUT2D eigenvalue weighted by Gasteiger charge is 2.23. The summed E-state index contributed by atoms with van der Waals surface area (Å²) < 4.78 is 0. The van der Waals surface area contributed by atoms with Gasteiger partial charge in [-0.2, -0.15) is 0 Å². The Morgan fingerprint density at radius 2 is 1.44 bits per heavy atom. The molecular weight excluding hydrogens is 438 g/mol. The summed E-state index contributed by atoms with van der Waals surface area (Å²) >= 11 is 7.73. The maximum absolute atomic E-state index is 5.07. The molecule has 3 aromatic carbocycles. The third-order valence-corrected chi connectivity index (χ3v) is 7.31. The lowest BCUT2D eigenvalue weighted by molar-refractivity contribution is 0.892. The number of nitrogens with zero attached hydrogens (tertiary/aromatic N) is 1. The van der Waals surface area contributed by atoms with Gasteiger partial charge < -0.3 is 0 Å². The van der Waals surface area contributed by atoms with Crippen molar-refractivity contribution < 1.29 is 0 Å². The third kappa shape index (κ3) is 3.11. The van der Waals surface area contributed by atoms with Gasteiger partial charge in [-0.25, -0.2) is 0 Å². The molecule has 2 unspecified atom stereocenters. The van der Waals surface area contributed by atoms with E-state index in [0.717, 1.165) is 11.2 Å². The molecule has 0 fully saturated rings. The van der Waals surface area contributed by atoms with Crippen LogP contribution in [0.4, 0.5) is 0 Å². The van der Waals surface area contributed by atoms with E-state index in [-0.39, 0.29) is 9.65 Å². The molecule has 1 heterocycles. The average molecular weight is 455 g/mol. The minimum Gasteiger partial charge on any atom is -0.251 e. The second kappa shape index (κ2) is 6.89. The fourth-order valence-corrected chi connectivity index (χ4v) is 4.58. The lowest BCUT2D eigenvalue weighted by atomic mass is 10.0. The summed E-state index contributed by atoms with van der Waals surface area (Å²) in [6.45, 7) is 2.13. The van der Waals surface area contributed by atoms with Crippen molar-refractivity contribution >= 4 is 53.5 Å². The topological polar surface area (TPSA) is 12.9 Å². The Hall–Kier alpha value is -1.71. The van der Waals surface area contributed by atoms with E-state index < -0.39 is 0 Å². The van der Waals surface area contributed by atoms with Crippen molar-refractivity contribution in [2.75, 3.05) is 0 Å². The first-order chi connectivity index (χ1) is 12.1. The summed E-state index contributed by atoms with van der Waals surface area (Å²) in [7, 11) is 0. The summed E-state index contributed by atoms with van der Waals surface area (Å²) in [5.41, 5.74) is 4.58. The van der Waals surface area contributed by atoms with Crippen LogP contribution in [0.2, 0.25) is 0 Å². The van der Waals surface area contributed by atoms with E-state index in [9.17, 15) is 0 Å². The molecule has 1 aromatic heterocycles. The van der Waals surface area contributed by atoms with E-state index in [4.69, 9.17) is 4.98 Å². The molecular formula is C22H17Br2N. The van der Waals surface area contributed by atoms with Gasteiger partial charge in [-0.15, -0.1) is 0 Å². The zero-order valence-electron chi connectivity index (χ0n) is 13.8. The molecule has 0 saturated carbocycles. The quantitative estimate of drug-likeness (QED) is 0.234. The molecule has 2 atom stereocenters. The average Bonchev–Trinajstić information content (AvgIpc) is 2.67. The van der Waals surface area contributed by atoms with Crippen LogP contribution >= 0.6 is 31.9 Å². The van der Waals surface area contributed by atoms with E-state index in [1.165, 1.54) is 27.3 Å². The molecule has 0 bridgehead atoms. The monoisotopic (exact) mass is 453 g/mol. The van der Waals surface area contributed by atoms with Crippen molar-refractivity contribution in [3.8, 4) is 0 Å². The maximum atomic E-state index is 5.07. The second-order valence-corrected chi connectivity index (χ2v) is 8.24. The van der Waals surface area contributed by atoms with Crippen molar-refractivity contribution in [2.45, 2.75) is 16.6 Å². The Bertz CT molecular complexity index is 1040. The van der Waals surface area contributed by atoms with Crippen LogP contribution in [0, 0.1) is 6.92 Å². The summed E-state index contributed by atoms with van der Waals surface area (Å²) in [4.78, 5) is 5.33. The van der Waals surface area contributed by atoms with Crippen LogP contribution < -0.4 is 0 Å². The number of hydrogen-bond donors (Lipinski definition) is 0. The molecule has 0 aliphatic carbocycles. The summed E-state index contributed by atoms with van der Waals surface area (Å²) in [6.07, 6.45) is 0. The molecule has 0 radical (unpaired) electrons. The number of rotatable bonds is 3. The van der Waals surface area contributed by atoms with E-state index in [1.54, 1.807) is 0 Å². The third-order valence-electron chi connectivity index (χ3n) is 4.58. The molecule has 1 nitrogen and oxygen atoms in total. The number of fused-ring (bicyclic) bond motifs is 3. The SMILES string of the molecule is Cc1cc2ccc3ccccc3c2nc1C(Br)C(Br)c1ccccc1. The van der Waals surface area contributed by atoms with Crippen LogP contribution in [-0.2, 0) is 0 Å². The summed E-state index contributed by atoms with van der Waals surface area (Å²) in [5, 5.41) is 3.61. The number of hydrogen-bond acceptors (Lipinski definition) is 1.